The normalized spacial score (nSPS) is 10.3. The van der Waals surface area contributed by atoms with E-state index in [1.807, 2.05) is 80.6 Å². The van der Waals surface area contributed by atoms with Crippen LogP contribution in [-0.4, -0.2) is 25.7 Å². The Kier molecular flexibility index (Phi) is 7.11. The van der Waals surface area contributed by atoms with Gasteiger partial charge in [-0.05, 0) is 61.4 Å². The van der Waals surface area contributed by atoms with Crippen molar-refractivity contribution in [3.05, 3.63) is 83.9 Å². The molecule has 3 rings (SSSR count). The molecular weight excluding hydrogens is 364 g/mol. The molecule has 0 bridgehead atoms. The van der Waals surface area contributed by atoms with Crippen LogP contribution in [0.25, 0.3) is 0 Å². The number of anilines is 2. The van der Waals surface area contributed by atoms with Gasteiger partial charge in [0.05, 0.1) is 6.54 Å². The van der Waals surface area contributed by atoms with Crippen molar-refractivity contribution in [2.24, 2.45) is 0 Å². The van der Waals surface area contributed by atoms with Crippen molar-refractivity contribution in [3.8, 4) is 11.5 Å². The van der Waals surface area contributed by atoms with Crippen LogP contribution in [0, 0.1) is 13.8 Å². The number of para-hydroxylation sites is 1. The van der Waals surface area contributed by atoms with Gasteiger partial charge in [-0.25, -0.2) is 0 Å². The zero-order chi connectivity index (χ0) is 20.5. The first-order chi connectivity index (χ1) is 14.1. The molecule has 150 valence electrons. The zero-order valence-electron chi connectivity index (χ0n) is 16.8. The Morgan fingerprint density at radius 2 is 1.41 bits per heavy atom. The lowest BCUT2D eigenvalue weighted by Crippen LogP contribution is -2.21. The van der Waals surface area contributed by atoms with E-state index in [1.54, 1.807) is 0 Å². The minimum Gasteiger partial charge on any atom is -0.490 e. The third-order valence-electron chi connectivity index (χ3n) is 4.16. The number of amides is 1. The molecule has 2 N–H and O–H groups in total. The first-order valence-electron chi connectivity index (χ1n) is 9.61. The van der Waals surface area contributed by atoms with Crippen LogP contribution in [-0.2, 0) is 4.79 Å². The van der Waals surface area contributed by atoms with Crippen LogP contribution in [0.15, 0.2) is 72.8 Å². The molecule has 0 aliphatic carbocycles. The maximum Gasteiger partial charge on any atom is 0.243 e. The van der Waals surface area contributed by atoms with Gasteiger partial charge in [-0.3, -0.25) is 4.79 Å². The molecule has 0 aliphatic heterocycles. The number of ether oxygens (including phenoxy) is 2. The largest absolute Gasteiger partial charge is 0.490 e. The Hall–Kier alpha value is -3.47. The molecule has 0 fully saturated rings. The van der Waals surface area contributed by atoms with Crippen molar-refractivity contribution >= 4 is 17.3 Å². The van der Waals surface area contributed by atoms with Gasteiger partial charge in [0.15, 0.2) is 0 Å². The fourth-order valence-corrected chi connectivity index (χ4v) is 2.97. The number of nitrogens with one attached hydrogen (secondary N) is 2. The molecule has 0 heterocycles. The van der Waals surface area contributed by atoms with Crippen LogP contribution < -0.4 is 20.1 Å². The average molecular weight is 390 g/mol. The smallest absolute Gasteiger partial charge is 0.243 e. The highest BCUT2D eigenvalue weighted by atomic mass is 16.5. The van der Waals surface area contributed by atoms with Gasteiger partial charge >= 0.3 is 0 Å². The summed E-state index contributed by atoms with van der Waals surface area (Å²) in [5.74, 6) is 1.44. The SMILES string of the molecule is Cc1cc(C)cc(NC(=O)CNc2cccc(OCCOc3ccccc3)c2)c1. The number of hydrogen-bond donors (Lipinski definition) is 2. The molecule has 3 aromatic rings. The van der Waals surface area contributed by atoms with Crippen LogP contribution in [0.5, 0.6) is 11.5 Å². The van der Waals surface area contributed by atoms with E-state index in [0.29, 0.717) is 13.2 Å². The molecule has 0 aromatic heterocycles. The maximum atomic E-state index is 12.2. The van der Waals surface area contributed by atoms with Crippen LogP contribution in [0.1, 0.15) is 11.1 Å². The van der Waals surface area contributed by atoms with Crippen LogP contribution in [0.3, 0.4) is 0 Å². The van der Waals surface area contributed by atoms with Crippen molar-refractivity contribution in [2.45, 2.75) is 13.8 Å². The highest BCUT2D eigenvalue weighted by Crippen LogP contribution is 2.18. The van der Waals surface area contributed by atoms with E-state index in [-0.39, 0.29) is 12.5 Å². The second-order valence-corrected chi connectivity index (χ2v) is 6.82. The van der Waals surface area contributed by atoms with E-state index in [2.05, 4.69) is 16.7 Å². The molecular formula is C24H26N2O3. The summed E-state index contributed by atoms with van der Waals surface area (Å²) in [5, 5.41) is 6.04. The summed E-state index contributed by atoms with van der Waals surface area (Å²) in [6.07, 6.45) is 0. The first kappa shape index (κ1) is 20.3. The van der Waals surface area contributed by atoms with Gasteiger partial charge in [-0.1, -0.05) is 30.3 Å². The predicted octanol–water partition coefficient (Wildman–Crippen LogP) is 4.81. The molecule has 0 aliphatic rings. The minimum absolute atomic E-state index is 0.0995. The number of benzene rings is 3. The lowest BCUT2D eigenvalue weighted by molar-refractivity contribution is -0.114. The summed E-state index contributed by atoms with van der Waals surface area (Å²) in [7, 11) is 0. The number of carbonyl (C=O) groups excluding carboxylic acids is 1. The summed E-state index contributed by atoms with van der Waals surface area (Å²) in [5.41, 5.74) is 3.87. The molecule has 5 heteroatoms. The predicted molar refractivity (Wildman–Crippen MR) is 117 cm³/mol. The molecule has 29 heavy (non-hydrogen) atoms. The Labute approximate surface area is 171 Å². The number of hydrogen-bond acceptors (Lipinski definition) is 4. The van der Waals surface area contributed by atoms with Crippen molar-refractivity contribution in [3.63, 3.8) is 0 Å². The molecule has 0 atom stereocenters. The summed E-state index contributed by atoms with van der Waals surface area (Å²) in [4.78, 5) is 12.2. The van der Waals surface area contributed by atoms with Crippen LogP contribution in [0.2, 0.25) is 0 Å². The van der Waals surface area contributed by atoms with Gasteiger partial charge in [-0.2, -0.15) is 0 Å². The molecule has 0 radical (unpaired) electrons. The molecule has 5 nitrogen and oxygen atoms in total. The molecule has 0 spiro atoms. The van der Waals surface area contributed by atoms with Crippen LogP contribution in [0.4, 0.5) is 11.4 Å². The Bertz CT molecular complexity index is 922. The van der Waals surface area contributed by atoms with E-state index in [0.717, 1.165) is 34.0 Å². The van der Waals surface area contributed by atoms with E-state index in [4.69, 9.17) is 9.47 Å². The lowest BCUT2D eigenvalue weighted by Gasteiger charge is -2.11. The second kappa shape index (κ2) is 10.2. The van der Waals surface area contributed by atoms with Gasteiger partial charge in [-0.15, -0.1) is 0 Å². The maximum absolute atomic E-state index is 12.2. The number of carbonyl (C=O) groups is 1. The van der Waals surface area contributed by atoms with E-state index in [9.17, 15) is 4.79 Å². The highest BCUT2D eigenvalue weighted by molar-refractivity contribution is 5.93. The molecule has 0 saturated heterocycles. The fourth-order valence-electron chi connectivity index (χ4n) is 2.97. The minimum atomic E-state index is -0.0995. The fraction of sp³-hybridized carbons (Fsp3) is 0.208. The van der Waals surface area contributed by atoms with Gasteiger partial charge in [0.1, 0.15) is 24.7 Å². The van der Waals surface area contributed by atoms with E-state index >= 15 is 0 Å². The topological polar surface area (TPSA) is 59.6 Å². The highest BCUT2D eigenvalue weighted by Gasteiger charge is 2.04. The summed E-state index contributed by atoms with van der Waals surface area (Å²) in [6.45, 7) is 5.09. The van der Waals surface area contributed by atoms with Crippen molar-refractivity contribution in [2.75, 3.05) is 30.4 Å². The Balaban J connectivity index is 1.43. The number of rotatable bonds is 9. The summed E-state index contributed by atoms with van der Waals surface area (Å²) in [6, 6.07) is 23.2. The van der Waals surface area contributed by atoms with Crippen molar-refractivity contribution in [1.82, 2.24) is 0 Å². The van der Waals surface area contributed by atoms with Crippen LogP contribution >= 0.6 is 0 Å². The zero-order valence-corrected chi connectivity index (χ0v) is 16.8. The van der Waals surface area contributed by atoms with Gasteiger partial charge < -0.3 is 20.1 Å². The monoisotopic (exact) mass is 390 g/mol. The second-order valence-electron chi connectivity index (χ2n) is 6.82. The third kappa shape index (κ3) is 6.88. The lowest BCUT2D eigenvalue weighted by atomic mass is 10.1. The number of aryl methyl sites for hydroxylation is 2. The average Bonchev–Trinajstić information content (AvgIpc) is 2.70. The Morgan fingerprint density at radius 1 is 0.759 bits per heavy atom. The standard InChI is InChI=1S/C24H26N2O3/c1-18-13-19(2)15-21(14-18)26-24(27)17-25-20-7-6-10-23(16-20)29-12-11-28-22-8-4-3-5-9-22/h3-10,13-16,25H,11-12,17H2,1-2H3,(H,26,27). The third-order valence-corrected chi connectivity index (χ3v) is 4.16. The molecule has 3 aromatic carbocycles. The van der Waals surface area contributed by atoms with Gasteiger partial charge in [0.25, 0.3) is 0 Å². The van der Waals surface area contributed by atoms with Crippen molar-refractivity contribution in [1.29, 1.82) is 0 Å². The molecule has 0 saturated carbocycles. The first-order valence-corrected chi connectivity index (χ1v) is 9.61. The van der Waals surface area contributed by atoms with Crippen molar-refractivity contribution < 1.29 is 14.3 Å². The van der Waals surface area contributed by atoms with Gasteiger partial charge in [0, 0.05) is 17.4 Å². The molecule has 0 unspecified atom stereocenters. The van der Waals surface area contributed by atoms with Gasteiger partial charge in [0.2, 0.25) is 5.91 Å². The van der Waals surface area contributed by atoms with E-state index < -0.39 is 0 Å². The summed E-state index contributed by atoms with van der Waals surface area (Å²) >= 11 is 0. The van der Waals surface area contributed by atoms with E-state index in [1.165, 1.54) is 0 Å². The quantitative estimate of drug-likeness (QED) is 0.515. The molecule has 1 amide bonds. The Morgan fingerprint density at radius 3 is 2.14 bits per heavy atom. The summed E-state index contributed by atoms with van der Waals surface area (Å²) < 4.78 is 11.3.